The van der Waals surface area contributed by atoms with E-state index in [1.807, 2.05) is 36.2 Å². The fourth-order valence-electron chi connectivity index (χ4n) is 2.74. The lowest BCUT2D eigenvalue weighted by Gasteiger charge is -2.19. The molecule has 3 aromatic rings. The highest BCUT2D eigenvalue weighted by Crippen LogP contribution is 2.15. The van der Waals surface area contributed by atoms with Crippen LogP contribution in [0, 0.1) is 11.3 Å². The third-order valence-electron chi connectivity index (χ3n) is 4.14. The number of benzene rings is 2. The van der Waals surface area contributed by atoms with E-state index in [0.717, 1.165) is 5.75 Å². The Labute approximate surface area is 162 Å². The van der Waals surface area contributed by atoms with Crippen LogP contribution in [0.25, 0.3) is 10.9 Å². The first kappa shape index (κ1) is 18.9. The summed E-state index contributed by atoms with van der Waals surface area (Å²) >= 11 is 5.86. The van der Waals surface area contributed by atoms with E-state index in [-0.39, 0.29) is 12.1 Å². The first-order chi connectivity index (χ1) is 13.1. The van der Waals surface area contributed by atoms with Gasteiger partial charge in [-0.05, 0) is 43.4 Å². The lowest BCUT2D eigenvalue weighted by molar-refractivity contribution is 0.227. The normalized spacial score (nSPS) is 10.9. The van der Waals surface area contributed by atoms with Crippen molar-refractivity contribution in [3.8, 4) is 11.8 Å². The molecule has 0 spiro atoms. The summed E-state index contributed by atoms with van der Waals surface area (Å²) in [7, 11) is 1.92. The number of rotatable bonds is 7. The summed E-state index contributed by atoms with van der Waals surface area (Å²) < 4.78 is 7.13. The summed E-state index contributed by atoms with van der Waals surface area (Å²) in [6, 6.07) is 16.4. The second-order valence-corrected chi connectivity index (χ2v) is 6.57. The maximum Gasteiger partial charge on any atom is 0.262 e. The number of hydrogen-bond donors (Lipinski definition) is 0. The third kappa shape index (κ3) is 4.64. The zero-order chi connectivity index (χ0) is 19.2. The minimum absolute atomic E-state index is 0.0267. The van der Waals surface area contributed by atoms with E-state index in [2.05, 4.69) is 4.98 Å². The molecular weight excluding hydrogens is 364 g/mol. The van der Waals surface area contributed by atoms with Crippen LogP contribution in [0.15, 0.2) is 53.3 Å². The predicted molar refractivity (Wildman–Crippen MR) is 105 cm³/mol. The number of para-hydroxylation sites is 1. The van der Waals surface area contributed by atoms with Crippen LogP contribution in [0.1, 0.15) is 5.82 Å². The fourth-order valence-corrected chi connectivity index (χ4v) is 2.87. The van der Waals surface area contributed by atoms with Crippen molar-refractivity contribution in [2.75, 3.05) is 20.2 Å². The van der Waals surface area contributed by atoms with E-state index in [1.165, 1.54) is 4.57 Å². The van der Waals surface area contributed by atoms with Gasteiger partial charge in [0.2, 0.25) is 0 Å². The van der Waals surface area contributed by atoms with Crippen molar-refractivity contribution in [3.63, 3.8) is 0 Å². The van der Waals surface area contributed by atoms with Crippen LogP contribution in [0.4, 0.5) is 0 Å². The summed E-state index contributed by atoms with van der Waals surface area (Å²) in [6.07, 6.45) is 0. The van der Waals surface area contributed by atoms with Gasteiger partial charge in [-0.1, -0.05) is 23.7 Å². The van der Waals surface area contributed by atoms with Crippen molar-refractivity contribution >= 4 is 22.5 Å². The number of likely N-dealkylation sites (N-methyl/N-ethyl adjacent to an activating group) is 1. The van der Waals surface area contributed by atoms with Crippen LogP contribution < -0.4 is 10.3 Å². The monoisotopic (exact) mass is 382 g/mol. The first-order valence-corrected chi connectivity index (χ1v) is 8.88. The summed E-state index contributed by atoms with van der Waals surface area (Å²) in [6.45, 7) is 1.53. The van der Waals surface area contributed by atoms with E-state index in [4.69, 9.17) is 21.6 Å². The molecule has 1 heterocycles. The van der Waals surface area contributed by atoms with Gasteiger partial charge in [-0.3, -0.25) is 14.3 Å². The molecule has 0 N–H and O–H groups in total. The van der Waals surface area contributed by atoms with Crippen molar-refractivity contribution in [2.45, 2.75) is 13.1 Å². The maximum atomic E-state index is 12.7. The summed E-state index contributed by atoms with van der Waals surface area (Å²) in [5.74, 6) is 1.31. The van der Waals surface area contributed by atoms with Crippen LogP contribution in [-0.4, -0.2) is 34.7 Å². The fraction of sp³-hybridized carbons (Fsp3) is 0.250. The molecule has 0 atom stereocenters. The van der Waals surface area contributed by atoms with Gasteiger partial charge in [0.05, 0.1) is 23.5 Å². The topological polar surface area (TPSA) is 71.2 Å². The molecule has 0 radical (unpaired) electrons. The predicted octanol–water partition coefficient (Wildman–Crippen LogP) is 3.08. The van der Waals surface area contributed by atoms with Gasteiger partial charge in [-0.25, -0.2) is 4.98 Å². The zero-order valence-corrected chi connectivity index (χ0v) is 15.7. The third-order valence-corrected chi connectivity index (χ3v) is 4.39. The quantitative estimate of drug-likeness (QED) is 0.628. The molecule has 0 saturated carbocycles. The molecule has 0 aliphatic heterocycles. The number of aromatic nitrogens is 2. The molecule has 3 rings (SSSR count). The highest BCUT2D eigenvalue weighted by atomic mass is 35.5. The number of nitriles is 1. The Bertz CT molecular complexity index is 1020. The molecule has 0 aliphatic carbocycles. The minimum atomic E-state index is -0.192. The molecule has 0 bridgehead atoms. The molecule has 0 aliphatic rings. The molecule has 1 aromatic heterocycles. The smallest absolute Gasteiger partial charge is 0.262 e. The average Bonchev–Trinajstić information content (AvgIpc) is 2.66. The Balaban J connectivity index is 1.71. The molecule has 0 fully saturated rings. The van der Waals surface area contributed by atoms with Crippen molar-refractivity contribution in [1.82, 2.24) is 14.5 Å². The zero-order valence-electron chi connectivity index (χ0n) is 14.9. The van der Waals surface area contributed by atoms with Crippen LogP contribution in [0.3, 0.4) is 0 Å². The number of hydrogen-bond acceptors (Lipinski definition) is 5. The standard InChI is InChI=1S/C20H19ClN4O2/c1-24(12-13-27-16-8-6-15(21)7-9-16)14-19-23-18-5-3-2-4-17(18)20(26)25(19)11-10-22/h2-9H,11-14H2,1H3. The molecule has 0 unspecified atom stereocenters. The molecule has 138 valence electrons. The second-order valence-electron chi connectivity index (χ2n) is 6.13. The Hall–Kier alpha value is -2.88. The Morgan fingerprint density at radius 2 is 1.96 bits per heavy atom. The summed E-state index contributed by atoms with van der Waals surface area (Å²) in [5, 5.41) is 10.3. The van der Waals surface area contributed by atoms with Gasteiger partial charge in [-0.15, -0.1) is 0 Å². The summed E-state index contributed by atoms with van der Waals surface area (Å²) in [4.78, 5) is 19.3. The van der Waals surface area contributed by atoms with Crippen molar-refractivity contribution in [1.29, 1.82) is 5.26 Å². The molecule has 0 saturated heterocycles. The largest absolute Gasteiger partial charge is 0.492 e. The SMILES string of the molecule is CN(CCOc1ccc(Cl)cc1)Cc1nc2ccccc2c(=O)n1CC#N. The van der Waals surface area contributed by atoms with E-state index >= 15 is 0 Å². The number of ether oxygens (including phenoxy) is 1. The van der Waals surface area contributed by atoms with Crippen molar-refractivity contribution in [3.05, 3.63) is 69.7 Å². The van der Waals surface area contributed by atoms with Crippen LogP contribution in [0.2, 0.25) is 5.02 Å². The van der Waals surface area contributed by atoms with Gasteiger partial charge in [0.25, 0.3) is 5.56 Å². The van der Waals surface area contributed by atoms with Gasteiger partial charge in [0.1, 0.15) is 24.7 Å². The van der Waals surface area contributed by atoms with Crippen LogP contribution in [-0.2, 0) is 13.1 Å². The first-order valence-electron chi connectivity index (χ1n) is 8.51. The van der Waals surface area contributed by atoms with Gasteiger partial charge >= 0.3 is 0 Å². The van der Waals surface area contributed by atoms with Crippen molar-refractivity contribution < 1.29 is 4.74 Å². The second kappa shape index (κ2) is 8.67. The van der Waals surface area contributed by atoms with Crippen LogP contribution >= 0.6 is 11.6 Å². The Morgan fingerprint density at radius 3 is 2.70 bits per heavy atom. The van der Waals surface area contributed by atoms with Gasteiger partial charge < -0.3 is 4.74 Å². The average molecular weight is 383 g/mol. The number of halogens is 1. The van der Waals surface area contributed by atoms with E-state index in [9.17, 15) is 4.79 Å². The Kier molecular flexibility index (Phi) is 6.07. The highest BCUT2D eigenvalue weighted by Gasteiger charge is 2.12. The number of fused-ring (bicyclic) bond motifs is 1. The lowest BCUT2D eigenvalue weighted by atomic mass is 10.2. The Morgan fingerprint density at radius 1 is 1.22 bits per heavy atom. The highest BCUT2D eigenvalue weighted by molar-refractivity contribution is 6.30. The molecule has 27 heavy (non-hydrogen) atoms. The van der Waals surface area contributed by atoms with Crippen LogP contribution in [0.5, 0.6) is 5.75 Å². The molecule has 6 nitrogen and oxygen atoms in total. The van der Waals surface area contributed by atoms with E-state index in [1.54, 1.807) is 30.3 Å². The van der Waals surface area contributed by atoms with E-state index in [0.29, 0.717) is 41.4 Å². The lowest BCUT2D eigenvalue weighted by Crippen LogP contribution is -2.31. The van der Waals surface area contributed by atoms with Crippen molar-refractivity contribution in [2.24, 2.45) is 0 Å². The molecular formula is C20H19ClN4O2. The van der Waals surface area contributed by atoms with Gasteiger partial charge in [-0.2, -0.15) is 5.26 Å². The maximum absolute atomic E-state index is 12.7. The number of nitrogens with zero attached hydrogens (tertiary/aromatic N) is 4. The summed E-state index contributed by atoms with van der Waals surface area (Å²) in [5.41, 5.74) is 0.445. The molecule has 7 heteroatoms. The van der Waals surface area contributed by atoms with Gasteiger partial charge in [0.15, 0.2) is 0 Å². The molecule has 0 amide bonds. The minimum Gasteiger partial charge on any atom is -0.492 e. The van der Waals surface area contributed by atoms with Gasteiger partial charge in [0, 0.05) is 11.6 Å². The van der Waals surface area contributed by atoms with E-state index < -0.39 is 0 Å². The molecule has 2 aromatic carbocycles.